The molecule has 1 atom stereocenters. The molecule has 0 bridgehead atoms. The fourth-order valence-corrected chi connectivity index (χ4v) is 2.38. The van der Waals surface area contributed by atoms with Crippen molar-refractivity contribution in [2.75, 3.05) is 11.9 Å². The maximum absolute atomic E-state index is 11.9. The average molecular weight is 281 g/mol. The van der Waals surface area contributed by atoms with Crippen LogP contribution in [-0.2, 0) is 4.79 Å². The van der Waals surface area contributed by atoms with Crippen molar-refractivity contribution in [3.8, 4) is 0 Å². The van der Waals surface area contributed by atoms with E-state index in [-0.39, 0.29) is 18.3 Å². The lowest BCUT2D eigenvalue weighted by atomic mass is 10.1. The molecule has 6 heteroatoms. The second kappa shape index (κ2) is 6.04. The van der Waals surface area contributed by atoms with Crippen molar-refractivity contribution in [2.24, 2.45) is 0 Å². The largest absolute Gasteiger partial charge is 0.326 e. The molecule has 1 saturated heterocycles. The Morgan fingerprint density at radius 1 is 1.47 bits per heavy atom. The minimum Gasteiger partial charge on any atom is -0.326 e. The summed E-state index contributed by atoms with van der Waals surface area (Å²) in [5, 5.41) is 14.1. The average Bonchev–Trinajstić information content (AvgIpc) is 2.98. The Hall–Kier alpha value is -1.59. The number of hydrogen-bond donors (Lipinski definition) is 3. The molecule has 1 unspecified atom stereocenters. The topological polar surface area (TPSA) is 69.8 Å². The Balaban J connectivity index is 0.00000133. The van der Waals surface area contributed by atoms with E-state index in [2.05, 4.69) is 20.8 Å². The van der Waals surface area contributed by atoms with Crippen LogP contribution >= 0.6 is 12.4 Å². The van der Waals surface area contributed by atoms with Crippen molar-refractivity contribution in [1.82, 2.24) is 15.5 Å². The van der Waals surface area contributed by atoms with Gasteiger partial charge in [-0.2, -0.15) is 5.10 Å². The van der Waals surface area contributed by atoms with Gasteiger partial charge >= 0.3 is 0 Å². The third-order valence-corrected chi connectivity index (χ3v) is 3.32. The van der Waals surface area contributed by atoms with Crippen molar-refractivity contribution in [1.29, 1.82) is 0 Å². The molecular weight excluding hydrogens is 264 g/mol. The minimum absolute atomic E-state index is 0. The van der Waals surface area contributed by atoms with E-state index in [1.165, 1.54) is 0 Å². The molecule has 5 nitrogen and oxygen atoms in total. The fourth-order valence-electron chi connectivity index (χ4n) is 2.38. The molecular formula is C13H17ClN4O. The first kappa shape index (κ1) is 13.8. The fraction of sp³-hybridized carbons (Fsp3) is 0.385. The van der Waals surface area contributed by atoms with Crippen LogP contribution in [0.3, 0.4) is 0 Å². The molecule has 1 aromatic heterocycles. The molecule has 1 fully saturated rings. The molecule has 1 aliphatic heterocycles. The molecule has 0 aliphatic carbocycles. The molecule has 102 valence electrons. The van der Waals surface area contributed by atoms with E-state index >= 15 is 0 Å². The molecule has 1 aromatic carbocycles. The molecule has 1 amide bonds. The monoisotopic (exact) mass is 280 g/mol. The second-order valence-electron chi connectivity index (χ2n) is 4.72. The molecule has 2 heterocycles. The van der Waals surface area contributed by atoms with Gasteiger partial charge in [0.1, 0.15) is 0 Å². The number of rotatable bonds is 3. The number of H-pyrrole nitrogens is 1. The van der Waals surface area contributed by atoms with Crippen molar-refractivity contribution in [2.45, 2.75) is 25.3 Å². The lowest BCUT2D eigenvalue weighted by molar-refractivity contribution is -0.116. The highest BCUT2D eigenvalue weighted by atomic mass is 35.5. The zero-order valence-corrected chi connectivity index (χ0v) is 11.3. The first-order valence-electron chi connectivity index (χ1n) is 6.27. The standard InChI is InChI=1S/C13H16N4O.ClH/c18-13(7-10-2-1-5-14-10)16-11-4-3-9-8-15-17-12(9)6-11;/h3-4,6,8,10,14H,1-2,5,7H2,(H,15,17)(H,16,18);1H. The summed E-state index contributed by atoms with van der Waals surface area (Å²) in [5.41, 5.74) is 1.75. The maximum Gasteiger partial charge on any atom is 0.225 e. The van der Waals surface area contributed by atoms with Gasteiger partial charge in [0.05, 0.1) is 11.7 Å². The molecule has 1 aliphatic rings. The summed E-state index contributed by atoms with van der Waals surface area (Å²) in [6.07, 6.45) is 4.56. The first-order valence-corrected chi connectivity index (χ1v) is 6.27. The number of nitrogens with one attached hydrogen (secondary N) is 3. The van der Waals surface area contributed by atoms with Gasteiger partial charge < -0.3 is 10.6 Å². The minimum atomic E-state index is 0. The summed E-state index contributed by atoms with van der Waals surface area (Å²) in [6, 6.07) is 6.09. The van der Waals surface area contributed by atoms with E-state index in [1.807, 2.05) is 18.2 Å². The zero-order valence-electron chi connectivity index (χ0n) is 10.5. The van der Waals surface area contributed by atoms with E-state index in [1.54, 1.807) is 6.20 Å². The number of aromatic amines is 1. The molecule has 2 aromatic rings. The molecule has 19 heavy (non-hydrogen) atoms. The number of carbonyl (C=O) groups is 1. The molecule has 0 radical (unpaired) electrons. The summed E-state index contributed by atoms with van der Waals surface area (Å²) in [5.74, 6) is 0.0632. The highest BCUT2D eigenvalue weighted by molar-refractivity contribution is 5.93. The number of nitrogens with zero attached hydrogens (tertiary/aromatic N) is 1. The maximum atomic E-state index is 11.9. The van der Waals surface area contributed by atoms with Crippen LogP contribution in [0.1, 0.15) is 19.3 Å². The Kier molecular flexibility index (Phi) is 4.39. The summed E-state index contributed by atoms with van der Waals surface area (Å²) >= 11 is 0. The summed E-state index contributed by atoms with van der Waals surface area (Å²) < 4.78 is 0. The van der Waals surface area contributed by atoms with Gasteiger partial charge in [0, 0.05) is 23.5 Å². The van der Waals surface area contributed by atoms with Gasteiger partial charge in [-0.05, 0) is 37.6 Å². The van der Waals surface area contributed by atoms with E-state index in [9.17, 15) is 4.79 Å². The number of benzene rings is 1. The van der Waals surface area contributed by atoms with Crippen molar-refractivity contribution >= 4 is 34.9 Å². The Labute approximate surface area is 117 Å². The number of anilines is 1. The normalized spacial score (nSPS) is 18.2. The van der Waals surface area contributed by atoms with E-state index in [0.29, 0.717) is 12.5 Å². The first-order chi connectivity index (χ1) is 8.81. The van der Waals surface area contributed by atoms with Crippen LogP contribution in [-0.4, -0.2) is 28.7 Å². The quantitative estimate of drug-likeness (QED) is 0.806. The van der Waals surface area contributed by atoms with Crippen molar-refractivity contribution in [3.63, 3.8) is 0 Å². The van der Waals surface area contributed by atoms with Gasteiger partial charge in [0.2, 0.25) is 5.91 Å². The zero-order chi connectivity index (χ0) is 12.4. The second-order valence-corrected chi connectivity index (χ2v) is 4.72. The van der Waals surface area contributed by atoms with Gasteiger partial charge in [-0.15, -0.1) is 12.4 Å². The number of halogens is 1. The van der Waals surface area contributed by atoms with Crippen LogP contribution in [0.5, 0.6) is 0 Å². The molecule has 0 saturated carbocycles. The summed E-state index contributed by atoms with van der Waals surface area (Å²) in [6.45, 7) is 1.03. The summed E-state index contributed by atoms with van der Waals surface area (Å²) in [4.78, 5) is 11.9. The lowest BCUT2D eigenvalue weighted by Gasteiger charge is -2.10. The van der Waals surface area contributed by atoms with Crippen LogP contribution in [0.4, 0.5) is 5.69 Å². The van der Waals surface area contributed by atoms with E-state index < -0.39 is 0 Å². The van der Waals surface area contributed by atoms with Gasteiger partial charge in [0.15, 0.2) is 0 Å². The number of carbonyl (C=O) groups excluding carboxylic acids is 1. The highest BCUT2D eigenvalue weighted by Crippen LogP contribution is 2.17. The number of fused-ring (bicyclic) bond motifs is 1. The summed E-state index contributed by atoms with van der Waals surface area (Å²) in [7, 11) is 0. The van der Waals surface area contributed by atoms with Crippen molar-refractivity contribution < 1.29 is 4.79 Å². The Bertz CT molecular complexity index is 563. The van der Waals surface area contributed by atoms with Crippen molar-refractivity contribution in [3.05, 3.63) is 24.4 Å². The van der Waals surface area contributed by atoms with Crippen LogP contribution < -0.4 is 10.6 Å². The molecule has 0 spiro atoms. The van der Waals surface area contributed by atoms with Gasteiger partial charge in [-0.25, -0.2) is 0 Å². The SMILES string of the molecule is Cl.O=C(CC1CCCN1)Nc1ccc2cn[nH]c2c1. The third-order valence-electron chi connectivity index (χ3n) is 3.32. The molecule has 3 rings (SSSR count). The number of amides is 1. The van der Waals surface area contributed by atoms with Gasteiger partial charge in [0.25, 0.3) is 0 Å². The predicted octanol–water partition coefficient (Wildman–Crippen LogP) is 2.07. The Morgan fingerprint density at radius 3 is 3.16 bits per heavy atom. The predicted molar refractivity (Wildman–Crippen MR) is 77.6 cm³/mol. The Morgan fingerprint density at radius 2 is 2.37 bits per heavy atom. The number of hydrogen-bond acceptors (Lipinski definition) is 3. The van der Waals surface area contributed by atoms with Gasteiger partial charge in [-0.3, -0.25) is 9.89 Å². The van der Waals surface area contributed by atoms with Crippen LogP contribution in [0.2, 0.25) is 0 Å². The van der Waals surface area contributed by atoms with Crippen LogP contribution in [0, 0.1) is 0 Å². The van der Waals surface area contributed by atoms with Crippen LogP contribution in [0.15, 0.2) is 24.4 Å². The third kappa shape index (κ3) is 3.24. The van der Waals surface area contributed by atoms with E-state index in [4.69, 9.17) is 0 Å². The smallest absolute Gasteiger partial charge is 0.225 e. The number of aromatic nitrogens is 2. The van der Waals surface area contributed by atoms with Gasteiger partial charge in [-0.1, -0.05) is 0 Å². The van der Waals surface area contributed by atoms with E-state index in [0.717, 1.165) is 36.0 Å². The van der Waals surface area contributed by atoms with Crippen LogP contribution in [0.25, 0.3) is 10.9 Å². The highest BCUT2D eigenvalue weighted by Gasteiger charge is 2.17. The molecule has 3 N–H and O–H groups in total. The lowest BCUT2D eigenvalue weighted by Crippen LogP contribution is -2.27.